The lowest BCUT2D eigenvalue weighted by atomic mass is 9.89. The molecule has 3 N–H and O–H groups in total. The van der Waals surface area contributed by atoms with Crippen molar-refractivity contribution in [2.75, 3.05) is 40.0 Å². The third-order valence-corrected chi connectivity index (χ3v) is 4.14. The normalized spacial score (nSPS) is 23.4. The fraction of sp³-hybridized carbons (Fsp3) is 0.625. The van der Waals surface area contributed by atoms with Gasteiger partial charge < -0.3 is 20.5 Å². The Bertz CT molecular complexity index is 397. The highest BCUT2D eigenvalue weighted by Gasteiger charge is 2.31. The summed E-state index contributed by atoms with van der Waals surface area (Å²) in [6.45, 7) is 3.50. The van der Waals surface area contributed by atoms with Crippen LogP contribution in [0.15, 0.2) is 30.3 Å². The molecule has 1 heterocycles. The highest BCUT2D eigenvalue weighted by Crippen LogP contribution is 2.23. The van der Waals surface area contributed by atoms with Gasteiger partial charge in [-0.15, -0.1) is 0 Å². The van der Waals surface area contributed by atoms with E-state index >= 15 is 0 Å². The monoisotopic (exact) mass is 278 g/mol. The number of aliphatic hydroxyl groups is 1. The number of hydrogen-bond acceptors (Lipinski definition) is 4. The molecule has 1 saturated heterocycles. The minimum Gasteiger partial charge on any atom is -0.394 e. The van der Waals surface area contributed by atoms with Crippen LogP contribution < -0.4 is 5.73 Å². The van der Waals surface area contributed by atoms with Gasteiger partial charge in [-0.25, -0.2) is 0 Å². The van der Waals surface area contributed by atoms with Crippen LogP contribution >= 0.6 is 0 Å². The highest BCUT2D eigenvalue weighted by atomic mass is 16.5. The van der Waals surface area contributed by atoms with E-state index in [1.54, 1.807) is 7.11 Å². The predicted octanol–water partition coefficient (Wildman–Crippen LogP) is 1.19. The topological polar surface area (TPSA) is 58.7 Å². The highest BCUT2D eigenvalue weighted by molar-refractivity contribution is 5.24. The van der Waals surface area contributed by atoms with E-state index in [4.69, 9.17) is 10.5 Å². The molecule has 1 aliphatic rings. The fourth-order valence-corrected chi connectivity index (χ4v) is 3.07. The lowest BCUT2D eigenvalue weighted by molar-refractivity contribution is 0.0658. The molecule has 1 fully saturated rings. The van der Waals surface area contributed by atoms with Crippen molar-refractivity contribution in [2.45, 2.75) is 18.4 Å². The molecule has 20 heavy (non-hydrogen) atoms. The number of likely N-dealkylation sites (tertiary alicyclic amines) is 1. The van der Waals surface area contributed by atoms with Crippen molar-refractivity contribution in [1.29, 1.82) is 0 Å². The Morgan fingerprint density at radius 1 is 1.40 bits per heavy atom. The Balaban J connectivity index is 2.02. The minimum atomic E-state index is -0.684. The zero-order chi connectivity index (χ0) is 14.4. The molecule has 0 spiro atoms. The van der Waals surface area contributed by atoms with Crippen molar-refractivity contribution in [2.24, 2.45) is 11.7 Å². The van der Waals surface area contributed by atoms with Gasteiger partial charge in [0.1, 0.15) is 0 Å². The number of nitrogens with zero attached hydrogens (tertiary/aromatic N) is 1. The summed E-state index contributed by atoms with van der Waals surface area (Å²) >= 11 is 0. The first-order valence-electron chi connectivity index (χ1n) is 7.34. The Hall–Kier alpha value is -0.940. The van der Waals surface area contributed by atoms with E-state index in [0.717, 1.165) is 25.3 Å². The summed E-state index contributed by atoms with van der Waals surface area (Å²) in [4.78, 5) is 2.36. The van der Waals surface area contributed by atoms with Crippen molar-refractivity contribution in [3.63, 3.8) is 0 Å². The first-order chi connectivity index (χ1) is 9.68. The van der Waals surface area contributed by atoms with E-state index in [-0.39, 0.29) is 6.61 Å². The van der Waals surface area contributed by atoms with Crippen LogP contribution in [0.25, 0.3) is 0 Å². The first kappa shape index (κ1) is 15.4. The Morgan fingerprint density at radius 3 is 2.80 bits per heavy atom. The maximum atomic E-state index is 9.76. The van der Waals surface area contributed by atoms with Gasteiger partial charge in [0.05, 0.1) is 18.8 Å². The van der Waals surface area contributed by atoms with Gasteiger partial charge in [-0.2, -0.15) is 0 Å². The van der Waals surface area contributed by atoms with Gasteiger partial charge in [0.2, 0.25) is 0 Å². The average molecular weight is 278 g/mol. The van der Waals surface area contributed by atoms with Crippen LogP contribution in [0.3, 0.4) is 0 Å². The zero-order valence-corrected chi connectivity index (χ0v) is 12.3. The molecule has 0 radical (unpaired) electrons. The van der Waals surface area contributed by atoms with Crippen LogP contribution in [0.4, 0.5) is 0 Å². The summed E-state index contributed by atoms with van der Waals surface area (Å²) in [5.41, 5.74) is 6.76. The standard InChI is InChI=1S/C16H26N2O2/c1-20-11-14-6-5-9-18(10-14)12-16(17,13-19)15-7-3-2-4-8-15/h2-4,7-8,14,19H,5-6,9-13,17H2,1H3. The van der Waals surface area contributed by atoms with Crippen molar-refractivity contribution in [3.8, 4) is 0 Å². The SMILES string of the molecule is COCC1CCCN(CC(N)(CO)c2ccccc2)C1. The second-order valence-corrected chi connectivity index (χ2v) is 5.88. The van der Waals surface area contributed by atoms with Gasteiger partial charge in [-0.1, -0.05) is 30.3 Å². The maximum absolute atomic E-state index is 9.76. The molecule has 2 unspecified atom stereocenters. The summed E-state index contributed by atoms with van der Waals surface area (Å²) in [6, 6.07) is 9.89. The average Bonchev–Trinajstić information content (AvgIpc) is 2.49. The van der Waals surface area contributed by atoms with Crippen molar-refractivity contribution in [3.05, 3.63) is 35.9 Å². The lowest BCUT2D eigenvalue weighted by Crippen LogP contribution is -2.52. The summed E-state index contributed by atoms with van der Waals surface area (Å²) < 4.78 is 5.26. The molecule has 4 heteroatoms. The third kappa shape index (κ3) is 3.79. The van der Waals surface area contributed by atoms with Crippen molar-refractivity contribution < 1.29 is 9.84 Å². The van der Waals surface area contributed by atoms with Gasteiger partial charge in [-0.05, 0) is 30.9 Å². The predicted molar refractivity (Wildman–Crippen MR) is 80.4 cm³/mol. The summed E-state index contributed by atoms with van der Waals surface area (Å²) in [5, 5.41) is 9.76. The van der Waals surface area contributed by atoms with Crippen LogP contribution in [0.5, 0.6) is 0 Å². The largest absolute Gasteiger partial charge is 0.394 e. The summed E-state index contributed by atoms with van der Waals surface area (Å²) in [5.74, 6) is 0.576. The molecule has 112 valence electrons. The fourth-order valence-electron chi connectivity index (χ4n) is 3.07. The van der Waals surface area contributed by atoms with Gasteiger partial charge in [0.15, 0.2) is 0 Å². The quantitative estimate of drug-likeness (QED) is 0.821. The molecule has 0 saturated carbocycles. The molecular formula is C16H26N2O2. The second kappa shape index (κ2) is 7.18. The Kier molecular flexibility index (Phi) is 5.54. The molecule has 1 aliphatic heterocycles. The first-order valence-corrected chi connectivity index (χ1v) is 7.34. The maximum Gasteiger partial charge on any atom is 0.0772 e. The number of hydrogen-bond donors (Lipinski definition) is 2. The summed E-state index contributed by atoms with van der Waals surface area (Å²) in [6.07, 6.45) is 2.39. The molecule has 2 rings (SSSR count). The van der Waals surface area contributed by atoms with Gasteiger partial charge in [0.25, 0.3) is 0 Å². The van der Waals surface area contributed by atoms with Crippen LogP contribution in [0.1, 0.15) is 18.4 Å². The number of piperidine rings is 1. The van der Waals surface area contributed by atoms with E-state index in [2.05, 4.69) is 4.90 Å². The van der Waals surface area contributed by atoms with Crippen LogP contribution in [-0.4, -0.2) is 50.0 Å². The van der Waals surface area contributed by atoms with E-state index in [1.807, 2.05) is 30.3 Å². The van der Waals surface area contributed by atoms with Crippen LogP contribution in [-0.2, 0) is 10.3 Å². The molecule has 1 aromatic rings. The second-order valence-electron chi connectivity index (χ2n) is 5.88. The van der Waals surface area contributed by atoms with Gasteiger partial charge in [-0.3, -0.25) is 0 Å². The van der Waals surface area contributed by atoms with Gasteiger partial charge in [0, 0.05) is 20.2 Å². The number of aliphatic hydroxyl groups excluding tert-OH is 1. The summed E-state index contributed by atoms with van der Waals surface area (Å²) in [7, 11) is 1.75. The molecule has 0 aromatic heterocycles. The lowest BCUT2D eigenvalue weighted by Gasteiger charge is -2.38. The Labute approximate surface area is 121 Å². The number of methoxy groups -OCH3 is 1. The molecule has 4 nitrogen and oxygen atoms in total. The zero-order valence-electron chi connectivity index (χ0n) is 12.3. The molecular weight excluding hydrogens is 252 g/mol. The third-order valence-electron chi connectivity index (χ3n) is 4.14. The number of rotatable bonds is 6. The van der Waals surface area contributed by atoms with E-state index < -0.39 is 5.54 Å². The van der Waals surface area contributed by atoms with Crippen molar-refractivity contribution >= 4 is 0 Å². The smallest absolute Gasteiger partial charge is 0.0772 e. The molecule has 1 aromatic carbocycles. The number of ether oxygens (including phenoxy) is 1. The molecule has 2 atom stereocenters. The number of nitrogens with two attached hydrogens (primary N) is 1. The van der Waals surface area contributed by atoms with Crippen molar-refractivity contribution in [1.82, 2.24) is 4.90 Å². The molecule has 0 aliphatic carbocycles. The van der Waals surface area contributed by atoms with E-state index in [0.29, 0.717) is 12.5 Å². The van der Waals surface area contributed by atoms with E-state index in [1.165, 1.54) is 12.8 Å². The Morgan fingerprint density at radius 2 is 2.15 bits per heavy atom. The van der Waals surface area contributed by atoms with E-state index in [9.17, 15) is 5.11 Å². The number of benzene rings is 1. The molecule has 0 bridgehead atoms. The van der Waals surface area contributed by atoms with Crippen LogP contribution in [0, 0.1) is 5.92 Å². The molecule has 0 amide bonds. The minimum absolute atomic E-state index is 0.0392. The van der Waals surface area contributed by atoms with Crippen LogP contribution in [0.2, 0.25) is 0 Å². The van der Waals surface area contributed by atoms with Gasteiger partial charge >= 0.3 is 0 Å².